The number of rotatable bonds is 2. The van der Waals surface area contributed by atoms with Crippen LogP contribution in [0.25, 0.3) is 22.8 Å². The van der Waals surface area contributed by atoms with E-state index in [0.29, 0.717) is 17.3 Å². The van der Waals surface area contributed by atoms with Crippen LogP contribution in [0, 0.1) is 12.7 Å². The summed E-state index contributed by atoms with van der Waals surface area (Å²) < 4.78 is 18.4. The van der Waals surface area contributed by atoms with E-state index in [1.54, 1.807) is 18.2 Å². The molecule has 0 aliphatic rings. The maximum Gasteiger partial charge on any atom is 0.258 e. The van der Waals surface area contributed by atoms with Crippen LogP contribution in [0.3, 0.4) is 0 Å². The molecule has 3 rings (SSSR count). The molecule has 0 aliphatic carbocycles. The molecular formula is C15H10ClFN2O2. The molecule has 0 amide bonds. The van der Waals surface area contributed by atoms with E-state index in [1.165, 1.54) is 18.2 Å². The molecule has 0 saturated heterocycles. The fourth-order valence-corrected chi connectivity index (χ4v) is 2.15. The Morgan fingerprint density at radius 1 is 1.19 bits per heavy atom. The normalized spacial score (nSPS) is 10.8. The third kappa shape index (κ3) is 2.60. The van der Waals surface area contributed by atoms with Gasteiger partial charge in [0, 0.05) is 11.1 Å². The minimum Gasteiger partial charge on any atom is -0.508 e. The minimum atomic E-state index is -0.501. The Balaban J connectivity index is 2.01. The van der Waals surface area contributed by atoms with Crippen LogP contribution in [0.5, 0.6) is 5.75 Å². The van der Waals surface area contributed by atoms with E-state index in [-0.39, 0.29) is 10.8 Å². The molecule has 21 heavy (non-hydrogen) atoms. The Hall–Kier alpha value is -2.40. The number of benzene rings is 2. The predicted molar refractivity (Wildman–Crippen MR) is 76.5 cm³/mol. The van der Waals surface area contributed by atoms with Crippen LogP contribution in [0.1, 0.15) is 5.56 Å². The highest BCUT2D eigenvalue weighted by atomic mass is 35.5. The van der Waals surface area contributed by atoms with Crippen molar-refractivity contribution in [3.8, 4) is 28.6 Å². The Morgan fingerprint density at radius 2 is 2.00 bits per heavy atom. The molecule has 2 aromatic carbocycles. The summed E-state index contributed by atoms with van der Waals surface area (Å²) in [6.07, 6.45) is 0. The first kappa shape index (κ1) is 13.6. The number of aromatic hydroxyl groups is 1. The van der Waals surface area contributed by atoms with E-state index >= 15 is 0 Å². The molecule has 0 bridgehead atoms. The van der Waals surface area contributed by atoms with Crippen LogP contribution in [0.2, 0.25) is 5.02 Å². The Bertz CT molecular complexity index is 817. The lowest BCUT2D eigenvalue weighted by atomic mass is 10.1. The fraction of sp³-hybridized carbons (Fsp3) is 0.0667. The average molecular weight is 305 g/mol. The highest BCUT2D eigenvalue weighted by Gasteiger charge is 2.14. The molecule has 106 valence electrons. The predicted octanol–water partition coefficient (Wildman–Crippen LogP) is 4.21. The molecular weight excluding hydrogens is 295 g/mol. The smallest absolute Gasteiger partial charge is 0.258 e. The van der Waals surface area contributed by atoms with Crippen molar-refractivity contribution in [1.29, 1.82) is 0 Å². The van der Waals surface area contributed by atoms with Gasteiger partial charge in [-0.2, -0.15) is 4.98 Å². The van der Waals surface area contributed by atoms with E-state index in [2.05, 4.69) is 10.1 Å². The SMILES string of the molecule is Cc1cc(O)ccc1-c1nc(-c2ccc(F)c(Cl)c2)no1. The highest BCUT2D eigenvalue weighted by Crippen LogP contribution is 2.28. The molecule has 0 fully saturated rings. The molecule has 0 atom stereocenters. The van der Waals surface area contributed by atoms with Crippen LogP contribution in [0.15, 0.2) is 40.9 Å². The third-order valence-corrected chi connectivity index (χ3v) is 3.33. The second-order valence-electron chi connectivity index (χ2n) is 4.55. The van der Waals surface area contributed by atoms with Crippen LogP contribution < -0.4 is 0 Å². The van der Waals surface area contributed by atoms with Gasteiger partial charge in [-0.3, -0.25) is 0 Å². The van der Waals surface area contributed by atoms with Gasteiger partial charge in [-0.15, -0.1) is 0 Å². The van der Waals surface area contributed by atoms with Crippen molar-refractivity contribution in [2.45, 2.75) is 6.92 Å². The largest absolute Gasteiger partial charge is 0.508 e. The van der Waals surface area contributed by atoms with Gasteiger partial charge in [0.15, 0.2) is 0 Å². The second-order valence-corrected chi connectivity index (χ2v) is 4.96. The molecule has 0 radical (unpaired) electrons. The van der Waals surface area contributed by atoms with Gasteiger partial charge in [-0.25, -0.2) is 4.39 Å². The monoisotopic (exact) mass is 304 g/mol. The molecule has 0 saturated carbocycles. The zero-order valence-corrected chi connectivity index (χ0v) is 11.7. The topological polar surface area (TPSA) is 59.2 Å². The van der Waals surface area contributed by atoms with Gasteiger partial charge in [0.25, 0.3) is 5.89 Å². The van der Waals surface area contributed by atoms with E-state index in [4.69, 9.17) is 16.1 Å². The zero-order chi connectivity index (χ0) is 15.0. The minimum absolute atomic E-state index is 0.000311. The van der Waals surface area contributed by atoms with E-state index in [0.717, 1.165) is 11.1 Å². The molecule has 1 aromatic heterocycles. The summed E-state index contributed by atoms with van der Waals surface area (Å²) in [5.41, 5.74) is 2.09. The van der Waals surface area contributed by atoms with Crippen LogP contribution in [-0.4, -0.2) is 15.2 Å². The summed E-state index contributed by atoms with van der Waals surface area (Å²) >= 11 is 5.74. The summed E-state index contributed by atoms with van der Waals surface area (Å²) in [5, 5.41) is 13.3. The quantitative estimate of drug-likeness (QED) is 0.770. The number of phenols is 1. The first-order valence-electron chi connectivity index (χ1n) is 6.14. The lowest BCUT2D eigenvalue weighted by Gasteiger charge is -2.00. The first-order valence-corrected chi connectivity index (χ1v) is 6.51. The standard InChI is InChI=1S/C15H10ClFN2O2/c1-8-6-10(20)3-4-11(8)15-18-14(19-21-15)9-2-5-13(17)12(16)7-9/h2-7,20H,1H3. The second kappa shape index (κ2) is 5.18. The lowest BCUT2D eigenvalue weighted by molar-refractivity contribution is 0.432. The van der Waals surface area contributed by atoms with E-state index < -0.39 is 5.82 Å². The summed E-state index contributed by atoms with van der Waals surface area (Å²) in [5.74, 6) is 0.308. The van der Waals surface area contributed by atoms with Crippen molar-refractivity contribution in [3.63, 3.8) is 0 Å². The molecule has 0 spiro atoms. The number of aromatic nitrogens is 2. The van der Waals surface area contributed by atoms with Crippen LogP contribution in [-0.2, 0) is 0 Å². The molecule has 3 aromatic rings. The Morgan fingerprint density at radius 3 is 2.71 bits per heavy atom. The van der Waals surface area contributed by atoms with Crippen molar-refractivity contribution in [2.75, 3.05) is 0 Å². The molecule has 4 nitrogen and oxygen atoms in total. The van der Waals surface area contributed by atoms with Gasteiger partial charge in [0.2, 0.25) is 5.82 Å². The molecule has 1 N–H and O–H groups in total. The van der Waals surface area contributed by atoms with Crippen molar-refractivity contribution < 1.29 is 14.0 Å². The highest BCUT2D eigenvalue weighted by molar-refractivity contribution is 6.31. The lowest BCUT2D eigenvalue weighted by Crippen LogP contribution is -1.85. The Kier molecular flexibility index (Phi) is 3.35. The fourth-order valence-electron chi connectivity index (χ4n) is 1.97. The van der Waals surface area contributed by atoms with E-state index in [1.807, 2.05) is 6.92 Å². The van der Waals surface area contributed by atoms with Crippen molar-refractivity contribution in [3.05, 3.63) is 52.8 Å². The van der Waals surface area contributed by atoms with Gasteiger partial charge in [-0.1, -0.05) is 16.8 Å². The third-order valence-electron chi connectivity index (χ3n) is 3.04. The van der Waals surface area contributed by atoms with Crippen molar-refractivity contribution in [1.82, 2.24) is 10.1 Å². The average Bonchev–Trinajstić information content (AvgIpc) is 2.91. The summed E-state index contributed by atoms with van der Waals surface area (Å²) in [6.45, 7) is 1.83. The number of hydrogen-bond donors (Lipinski definition) is 1. The van der Waals surface area contributed by atoms with Gasteiger partial charge in [0.1, 0.15) is 11.6 Å². The van der Waals surface area contributed by atoms with Gasteiger partial charge in [0.05, 0.1) is 5.02 Å². The summed E-state index contributed by atoms with van der Waals surface area (Å²) in [6, 6.07) is 9.06. The summed E-state index contributed by atoms with van der Waals surface area (Å²) in [7, 11) is 0. The molecule has 1 heterocycles. The maximum absolute atomic E-state index is 13.2. The maximum atomic E-state index is 13.2. The van der Waals surface area contributed by atoms with Gasteiger partial charge in [-0.05, 0) is 48.9 Å². The van der Waals surface area contributed by atoms with Crippen molar-refractivity contribution >= 4 is 11.6 Å². The zero-order valence-electron chi connectivity index (χ0n) is 11.0. The Labute approximate surface area is 124 Å². The molecule has 0 aliphatic heterocycles. The molecule has 0 unspecified atom stereocenters. The summed E-state index contributed by atoms with van der Waals surface area (Å²) in [4.78, 5) is 4.27. The number of halogens is 2. The first-order chi connectivity index (χ1) is 10.0. The van der Waals surface area contributed by atoms with Crippen LogP contribution in [0.4, 0.5) is 4.39 Å². The number of aryl methyl sites for hydroxylation is 1. The number of hydrogen-bond acceptors (Lipinski definition) is 4. The van der Waals surface area contributed by atoms with Gasteiger partial charge < -0.3 is 9.63 Å². The van der Waals surface area contributed by atoms with E-state index in [9.17, 15) is 9.50 Å². The number of nitrogens with zero attached hydrogens (tertiary/aromatic N) is 2. The number of phenolic OH excluding ortho intramolecular Hbond substituents is 1. The molecule has 6 heteroatoms. The van der Waals surface area contributed by atoms with Crippen molar-refractivity contribution in [2.24, 2.45) is 0 Å². The van der Waals surface area contributed by atoms with Gasteiger partial charge >= 0.3 is 0 Å². The van der Waals surface area contributed by atoms with Crippen LogP contribution >= 0.6 is 11.6 Å².